The minimum atomic E-state index is -0.173. The molecule has 4 nitrogen and oxygen atoms in total. The highest BCUT2D eigenvalue weighted by Gasteiger charge is 2.31. The van der Waals surface area contributed by atoms with Gasteiger partial charge in [0.25, 0.3) is 5.91 Å². The van der Waals surface area contributed by atoms with Crippen LogP contribution in [0.5, 0.6) is 0 Å². The van der Waals surface area contributed by atoms with Gasteiger partial charge in [-0.05, 0) is 18.6 Å². The van der Waals surface area contributed by atoms with Gasteiger partial charge in [-0.3, -0.25) is 9.59 Å². The fraction of sp³-hybridized carbons (Fsp3) is 0.333. The summed E-state index contributed by atoms with van der Waals surface area (Å²) >= 11 is 0. The highest BCUT2D eigenvalue weighted by molar-refractivity contribution is 6.06. The number of carbonyl (C=O) groups is 2. The van der Waals surface area contributed by atoms with Crippen LogP contribution in [0.25, 0.3) is 0 Å². The van der Waals surface area contributed by atoms with E-state index in [1.165, 1.54) is 0 Å². The fourth-order valence-corrected chi connectivity index (χ4v) is 2.44. The summed E-state index contributed by atoms with van der Waals surface area (Å²) < 4.78 is 0. The Morgan fingerprint density at radius 2 is 2.26 bits per heavy atom. The summed E-state index contributed by atoms with van der Waals surface area (Å²) in [5.41, 5.74) is 2.19. The summed E-state index contributed by atoms with van der Waals surface area (Å²) in [6.07, 6.45) is 2.26. The first kappa shape index (κ1) is 13.3. The van der Waals surface area contributed by atoms with E-state index in [2.05, 4.69) is 11.9 Å². The lowest BCUT2D eigenvalue weighted by Crippen LogP contribution is -2.29. The van der Waals surface area contributed by atoms with Crippen molar-refractivity contribution in [2.75, 3.05) is 18.5 Å². The normalized spacial score (nSPS) is 18.5. The van der Waals surface area contributed by atoms with Crippen LogP contribution >= 0.6 is 0 Å². The van der Waals surface area contributed by atoms with Crippen molar-refractivity contribution in [3.63, 3.8) is 0 Å². The van der Waals surface area contributed by atoms with Gasteiger partial charge >= 0.3 is 0 Å². The Kier molecular flexibility index (Phi) is 3.69. The van der Waals surface area contributed by atoms with E-state index in [0.717, 1.165) is 11.3 Å². The smallest absolute Gasteiger partial charge is 0.253 e. The molecule has 4 heteroatoms. The molecule has 0 spiro atoms. The summed E-state index contributed by atoms with van der Waals surface area (Å²) in [7, 11) is 1.59. The number of benzene rings is 1. The predicted molar refractivity (Wildman–Crippen MR) is 75.2 cm³/mol. The number of hydrogen-bond donors (Lipinski definition) is 1. The molecule has 1 fully saturated rings. The van der Waals surface area contributed by atoms with Gasteiger partial charge in [0, 0.05) is 25.9 Å². The van der Waals surface area contributed by atoms with Gasteiger partial charge in [-0.25, -0.2) is 0 Å². The molecular weight excluding hydrogens is 240 g/mol. The molecule has 1 unspecified atom stereocenters. The van der Waals surface area contributed by atoms with Gasteiger partial charge in [-0.1, -0.05) is 18.2 Å². The number of aryl methyl sites for hydroxylation is 1. The zero-order valence-corrected chi connectivity index (χ0v) is 11.3. The van der Waals surface area contributed by atoms with E-state index >= 15 is 0 Å². The van der Waals surface area contributed by atoms with Gasteiger partial charge in [-0.15, -0.1) is 6.58 Å². The Bertz CT molecular complexity index is 537. The molecular formula is C15H18N2O2. The number of nitrogens with zero attached hydrogens (tertiary/aromatic N) is 1. The average Bonchev–Trinajstić information content (AvgIpc) is 2.78. The monoisotopic (exact) mass is 258 g/mol. The van der Waals surface area contributed by atoms with Gasteiger partial charge in [0.1, 0.15) is 0 Å². The molecule has 1 aromatic rings. The molecule has 0 radical (unpaired) electrons. The summed E-state index contributed by atoms with van der Waals surface area (Å²) in [5.74, 6) is 0.0301. The SMILES string of the molecule is C=CC1CC(=O)N(c2c(C)cccc2C(=O)NC)C1. The second-order valence-corrected chi connectivity index (χ2v) is 4.75. The summed E-state index contributed by atoms with van der Waals surface area (Å²) in [6.45, 7) is 6.25. The van der Waals surface area contributed by atoms with Crippen LogP contribution in [0.3, 0.4) is 0 Å². The molecule has 2 amide bonds. The van der Waals surface area contributed by atoms with E-state index in [1.54, 1.807) is 24.1 Å². The second kappa shape index (κ2) is 5.26. The van der Waals surface area contributed by atoms with Crippen molar-refractivity contribution in [2.24, 2.45) is 5.92 Å². The topological polar surface area (TPSA) is 49.4 Å². The molecule has 2 rings (SSSR count). The molecule has 0 bridgehead atoms. The summed E-state index contributed by atoms with van der Waals surface area (Å²) in [6, 6.07) is 5.49. The Morgan fingerprint density at radius 3 is 2.84 bits per heavy atom. The van der Waals surface area contributed by atoms with E-state index in [1.807, 2.05) is 19.1 Å². The number of nitrogens with one attached hydrogen (secondary N) is 1. The van der Waals surface area contributed by atoms with Crippen LogP contribution in [-0.2, 0) is 4.79 Å². The lowest BCUT2D eigenvalue weighted by atomic mass is 10.1. The zero-order chi connectivity index (χ0) is 14.0. The van der Waals surface area contributed by atoms with E-state index in [0.29, 0.717) is 18.5 Å². The first-order valence-electron chi connectivity index (χ1n) is 6.33. The van der Waals surface area contributed by atoms with Crippen LogP contribution < -0.4 is 10.2 Å². The molecule has 19 heavy (non-hydrogen) atoms. The van der Waals surface area contributed by atoms with E-state index in [-0.39, 0.29) is 17.7 Å². The maximum atomic E-state index is 12.1. The molecule has 1 heterocycles. The Labute approximate surface area is 113 Å². The third-order valence-corrected chi connectivity index (χ3v) is 3.47. The van der Waals surface area contributed by atoms with E-state index in [9.17, 15) is 9.59 Å². The number of hydrogen-bond acceptors (Lipinski definition) is 2. The fourth-order valence-electron chi connectivity index (χ4n) is 2.44. The quantitative estimate of drug-likeness (QED) is 0.842. The van der Waals surface area contributed by atoms with Crippen LogP contribution in [0.1, 0.15) is 22.3 Å². The average molecular weight is 258 g/mol. The van der Waals surface area contributed by atoms with Crippen molar-refractivity contribution in [3.05, 3.63) is 42.0 Å². The highest BCUT2D eigenvalue weighted by atomic mass is 16.2. The maximum absolute atomic E-state index is 12.1. The Balaban J connectivity index is 2.47. The van der Waals surface area contributed by atoms with Crippen molar-refractivity contribution in [3.8, 4) is 0 Å². The third kappa shape index (κ3) is 2.38. The van der Waals surface area contributed by atoms with Crippen molar-refractivity contribution < 1.29 is 9.59 Å². The second-order valence-electron chi connectivity index (χ2n) is 4.75. The number of carbonyl (C=O) groups excluding carboxylic acids is 2. The molecule has 0 aliphatic carbocycles. The Hall–Kier alpha value is -2.10. The summed E-state index contributed by atoms with van der Waals surface area (Å²) in [4.78, 5) is 25.7. The van der Waals surface area contributed by atoms with Crippen LogP contribution in [0.2, 0.25) is 0 Å². The highest BCUT2D eigenvalue weighted by Crippen LogP contribution is 2.31. The van der Waals surface area contributed by atoms with Crippen molar-refractivity contribution >= 4 is 17.5 Å². The van der Waals surface area contributed by atoms with Crippen LogP contribution in [0.15, 0.2) is 30.9 Å². The van der Waals surface area contributed by atoms with Crippen LogP contribution in [-0.4, -0.2) is 25.4 Å². The molecule has 1 atom stereocenters. The van der Waals surface area contributed by atoms with Crippen molar-refractivity contribution in [1.82, 2.24) is 5.32 Å². The Morgan fingerprint density at radius 1 is 1.53 bits per heavy atom. The number of para-hydroxylation sites is 1. The van der Waals surface area contributed by atoms with Gasteiger partial charge in [0.15, 0.2) is 0 Å². The molecule has 1 aliphatic heterocycles. The number of anilines is 1. The molecule has 1 saturated heterocycles. The first-order chi connectivity index (χ1) is 9.08. The van der Waals surface area contributed by atoms with E-state index in [4.69, 9.17) is 0 Å². The minimum absolute atomic E-state index is 0.0457. The van der Waals surface area contributed by atoms with Gasteiger partial charge in [0.05, 0.1) is 11.3 Å². The number of rotatable bonds is 3. The van der Waals surface area contributed by atoms with Gasteiger partial charge < -0.3 is 10.2 Å². The van der Waals surface area contributed by atoms with Crippen molar-refractivity contribution in [2.45, 2.75) is 13.3 Å². The molecule has 0 saturated carbocycles. The zero-order valence-electron chi connectivity index (χ0n) is 11.3. The van der Waals surface area contributed by atoms with Crippen LogP contribution in [0, 0.1) is 12.8 Å². The lowest BCUT2D eigenvalue weighted by Gasteiger charge is -2.21. The lowest BCUT2D eigenvalue weighted by molar-refractivity contribution is -0.117. The maximum Gasteiger partial charge on any atom is 0.253 e. The summed E-state index contributed by atoms with van der Waals surface area (Å²) in [5, 5.41) is 2.62. The van der Waals surface area contributed by atoms with Crippen LogP contribution in [0.4, 0.5) is 5.69 Å². The molecule has 1 aliphatic rings. The molecule has 100 valence electrons. The third-order valence-electron chi connectivity index (χ3n) is 3.47. The van der Waals surface area contributed by atoms with E-state index < -0.39 is 0 Å². The minimum Gasteiger partial charge on any atom is -0.355 e. The molecule has 1 N–H and O–H groups in total. The largest absolute Gasteiger partial charge is 0.355 e. The molecule has 0 aromatic heterocycles. The van der Waals surface area contributed by atoms with Crippen molar-refractivity contribution in [1.29, 1.82) is 0 Å². The van der Waals surface area contributed by atoms with Gasteiger partial charge in [-0.2, -0.15) is 0 Å². The predicted octanol–water partition coefficient (Wildman–Crippen LogP) is 1.89. The standard InChI is InChI=1S/C15H18N2O2/c1-4-11-8-13(18)17(9-11)14-10(2)6-5-7-12(14)15(19)16-3/h4-7,11H,1,8-9H2,2-3H3,(H,16,19). The first-order valence-corrected chi connectivity index (χ1v) is 6.33. The number of amides is 2. The molecule has 1 aromatic carbocycles. The van der Waals surface area contributed by atoms with Gasteiger partial charge in [0.2, 0.25) is 5.91 Å².